The number of carbonyl (C=O) groups excluding carboxylic acids is 1. The summed E-state index contributed by atoms with van der Waals surface area (Å²) in [6, 6.07) is 0. The van der Waals surface area contributed by atoms with Crippen LogP contribution in [0.25, 0.3) is 0 Å². The number of aliphatic carboxylic acids is 1. The molecule has 1 N–H and O–H groups in total. The minimum Gasteiger partial charge on any atom is -0.478 e. The average molecular weight is 327 g/mol. The van der Waals surface area contributed by atoms with E-state index in [-0.39, 0.29) is 11.7 Å². The van der Waals surface area contributed by atoms with E-state index in [0.717, 1.165) is 64.6 Å². The summed E-state index contributed by atoms with van der Waals surface area (Å²) < 4.78 is 10.4. The van der Waals surface area contributed by atoms with Crippen molar-refractivity contribution in [2.45, 2.75) is 52.1 Å². The first-order valence-electron chi connectivity index (χ1n) is 8.43. The molecule has 0 aromatic heterocycles. The van der Waals surface area contributed by atoms with Crippen LogP contribution in [0.4, 0.5) is 0 Å². The molecule has 0 radical (unpaired) electrons. The molecule has 0 aromatic carbocycles. The Morgan fingerprint density at radius 3 is 2.43 bits per heavy atom. The Balaban J connectivity index is 2.21. The molecule has 6 nitrogen and oxygen atoms in total. The molecule has 1 rings (SSSR count). The minimum absolute atomic E-state index is 0.242. The van der Waals surface area contributed by atoms with E-state index in [2.05, 4.69) is 4.90 Å². The lowest BCUT2D eigenvalue weighted by Crippen LogP contribution is -2.36. The van der Waals surface area contributed by atoms with E-state index in [9.17, 15) is 9.59 Å². The maximum absolute atomic E-state index is 11.8. The van der Waals surface area contributed by atoms with Crippen LogP contribution in [0.1, 0.15) is 46.0 Å². The highest BCUT2D eigenvalue weighted by molar-refractivity contribution is 5.95. The molecule has 0 unspecified atom stereocenters. The number of carboxylic acid groups (broad SMARTS) is 1. The molecule has 0 bridgehead atoms. The van der Waals surface area contributed by atoms with E-state index >= 15 is 0 Å². The Labute approximate surface area is 138 Å². The molecule has 6 heteroatoms. The normalized spacial score (nSPS) is 16.6. The van der Waals surface area contributed by atoms with Crippen LogP contribution < -0.4 is 0 Å². The lowest BCUT2D eigenvalue weighted by atomic mass is 10.1. The van der Waals surface area contributed by atoms with Gasteiger partial charge >= 0.3 is 11.9 Å². The average Bonchev–Trinajstić information content (AvgIpc) is 2.49. The third-order valence-corrected chi connectivity index (χ3v) is 3.68. The zero-order chi connectivity index (χ0) is 17.1. The Bertz CT molecular complexity index is 400. The summed E-state index contributed by atoms with van der Waals surface area (Å²) in [7, 11) is 0. The first-order valence-corrected chi connectivity index (χ1v) is 8.43. The van der Waals surface area contributed by atoms with Crippen molar-refractivity contribution in [3.05, 3.63) is 11.6 Å². The predicted molar refractivity (Wildman–Crippen MR) is 87.3 cm³/mol. The highest BCUT2D eigenvalue weighted by atomic mass is 16.5. The maximum atomic E-state index is 11.8. The van der Waals surface area contributed by atoms with Gasteiger partial charge in [0.15, 0.2) is 0 Å². The fraction of sp³-hybridized carbons (Fsp3) is 0.765. The predicted octanol–water partition coefficient (Wildman–Crippen LogP) is 2.23. The monoisotopic (exact) mass is 327 g/mol. The number of esters is 1. The summed E-state index contributed by atoms with van der Waals surface area (Å²) in [5.41, 5.74) is 0.249. The van der Waals surface area contributed by atoms with E-state index in [4.69, 9.17) is 14.6 Å². The van der Waals surface area contributed by atoms with E-state index < -0.39 is 11.9 Å². The van der Waals surface area contributed by atoms with Crippen molar-refractivity contribution in [3.8, 4) is 0 Å². The molecule has 1 aliphatic heterocycles. The van der Waals surface area contributed by atoms with E-state index in [1.807, 2.05) is 0 Å². The van der Waals surface area contributed by atoms with Gasteiger partial charge in [-0.2, -0.15) is 0 Å². The highest BCUT2D eigenvalue weighted by Gasteiger charge is 2.14. The van der Waals surface area contributed by atoms with Gasteiger partial charge in [-0.15, -0.1) is 0 Å². The smallest absolute Gasteiger partial charge is 0.334 e. The lowest BCUT2D eigenvalue weighted by Gasteiger charge is -2.26. The molecule has 1 fully saturated rings. The standard InChI is InChI=1S/C17H29NO5/c1-14(2)23-17(21)15(13-16(19)20)7-5-3-4-6-8-18-9-11-22-12-10-18/h13-14H,3-12H2,1-2H3,(H,19,20)/b15-13+. The molecule has 1 aliphatic rings. The fourth-order valence-corrected chi connectivity index (χ4v) is 2.50. The number of hydrogen-bond acceptors (Lipinski definition) is 5. The van der Waals surface area contributed by atoms with Gasteiger partial charge in [0.2, 0.25) is 0 Å². The van der Waals surface area contributed by atoms with Crippen LogP contribution in [0.2, 0.25) is 0 Å². The fourth-order valence-electron chi connectivity index (χ4n) is 2.50. The van der Waals surface area contributed by atoms with Gasteiger partial charge in [0.25, 0.3) is 0 Å². The summed E-state index contributed by atoms with van der Waals surface area (Å²) in [6.45, 7) is 8.24. The van der Waals surface area contributed by atoms with Crippen molar-refractivity contribution in [2.24, 2.45) is 0 Å². The third kappa shape index (κ3) is 9.36. The Hall–Kier alpha value is -1.40. The molecular weight excluding hydrogens is 298 g/mol. The number of rotatable bonds is 10. The van der Waals surface area contributed by atoms with Crippen molar-refractivity contribution in [1.82, 2.24) is 4.90 Å². The molecule has 132 valence electrons. The largest absolute Gasteiger partial charge is 0.478 e. The van der Waals surface area contributed by atoms with Crippen molar-refractivity contribution >= 4 is 11.9 Å². The molecule has 0 amide bonds. The van der Waals surface area contributed by atoms with Gasteiger partial charge < -0.3 is 14.6 Å². The van der Waals surface area contributed by atoms with Gasteiger partial charge in [-0.1, -0.05) is 12.8 Å². The SMILES string of the molecule is CC(C)OC(=O)/C(=C/C(=O)O)CCCCCCN1CCOCC1. The van der Waals surface area contributed by atoms with Crippen LogP contribution in [0.5, 0.6) is 0 Å². The molecule has 1 heterocycles. The van der Waals surface area contributed by atoms with E-state index in [1.54, 1.807) is 13.8 Å². The van der Waals surface area contributed by atoms with Crippen LogP contribution in [0, 0.1) is 0 Å². The first kappa shape index (κ1) is 19.6. The van der Waals surface area contributed by atoms with Crippen LogP contribution in [0.15, 0.2) is 11.6 Å². The summed E-state index contributed by atoms with van der Waals surface area (Å²) in [4.78, 5) is 25.1. The van der Waals surface area contributed by atoms with Crippen molar-refractivity contribution in [3.63, 3.8) is 0 Å². The number of carboxylic acids is 1. The second-order valence-electron chi connectivity index (χ2n) is 6.08. The molecule has 1 saturated heterocycles. The van der Waals surface area contributed by atoms with Crippen LogP contribution >= 0.6 is 0 Å². The van der Waals surface area contributed by atoms with E-state index in [1.165, 1.54) is 0 Å². The van der Waals surface area contributed by atoms with Gasteiger partial charge in [0, 0.05) is 24.7 Å². The zero-order valence-corrected chi connectivity index (χ0v) is 14.3. The van der Waals surface area contributed by atoms with Gasteiger partial charge in [-0.3, -0.25) is 4.90 Å². The van der Waals surface area contributed by atoms with Crippen LogP contribution in [0.3, 0.4) is 0 Å². The maximum Gasteiger partial charge on any atom is 0.334 e. The number of morpholine rings is 1. The zero-order valence-electron chi connectivity index (χ0n) is 14.3. The second-order valence-corrected chi connectivity index (χ2v) is 6.08. The molecule has 0 aliphatic carbocycles. The number of unbranched alkanes of at least 4 members (excludes halogenated alkanes) is 3. The summed E-state index contributed by atoms with van der Waals surface area (Å²) in [5.74, 6) is -1.62. The first-order chi connectivity index (χ1) is 11.0. The van der Waals surface area contributed by atoms with Gasteiger partial charge in [0.05, 0.1) is 19.3 Å². The van der Waals surface area contributed by atoms with Crippen LogP contribution in [-0.4, -0.2) is 60.9 Å². The molecular formula is C17H29NO5. The van der Waals surface area contributed by atoms with E-state index in [0.29, 0.717) is 6.42 Å². The third-order valence-electron chi connectivity index (χ3n) is 3.68. The number of hydrogen-bond donors (Lipinski definition) is 1. The quantitative estimate of drug-likeness (QED) is 0.377. The molecule has 0 aromatic rings. The summed E-state index contributed by atoms with van der Waals surface area (Å²) in [5, 5.41) is 8.85. The van der Waals surface area contributed by atoms with Crippen molar-refractivity contribution < 1.29 is 24.2 Å². The Morgan fingerprint density at radius 2 is 1.83 bits per heavy atom. The summed E-state index contributed by atoms with van der Waals surface area (Å²) >= 11 is 0. The van der Waals surface area contributed by atoms with Gasteiger partial charge in [-0.05, 0) is 39.7 Å². The second kappa shape index (κ2) is 11.2. The highest BCUT2D eigenvalue weighted by Crippen LogP contribution is 2.13. The molecule has 0 saturated carbocycles. The topological polar surface area (TPSA) is 76.1 Å². The van der Waals surface area contributed by atoms with Crippen molar-refractivity contribution in [2.75, 3.05) is 32.8 Å². The molecule has 0 atom stereocenters. The van der Waals surface area contributed by atoms with Gasteiger partial charge in [0.1, 0.15) is 0 Å². The Kier molecular flexibility index (Phi) is 9.55. The lowest BCUT2D eigenvalue weighted by molar-refractivity contribution is -0.143. The van der Waals surface area contributed by atoms with Crippen LogP contribution in [-0.2, 0) is 19.1 Å². The number of nitrogens with zero attached hydrogens (tertiary/aromatic N) is 1. The minimum atomic E-state index is -1.10. The number of carbonyl (C=O) groups is 2. The Morgan fingerprint density at radius 1 is 1.17 bits per heavy atom. The van der Waals surface area contributed by atoms with Crippen molar-refractivity contribution in [1.29, 1.82) is 0 Å². The molecule has 23 heavy (non-hydrogen) atoms. The van der Waals surface area contributed by atoms with Gasteiger partial charge in [-0.25, -0.2) is 9.59 Å². The summed E-state index contributed by atoms with van der Waals surface area (Å²) in [6.07, 6.45) is 5.17. The number of ether oxygens (including phenoxy) is 2. The molecule has 0 spiro atoms.